The van der Waals surface area contributed by atoms with E-state index < -0.39 is 0 Å². The van der Waals surface area contributed by atoms with Crippen molar-refractivity contribution in [2.24, 2.45) is 29.6 Å². The van der Waals surface area contributed by atoms with Gasteiger partial charge in [-0.25, -0.2) is 0 Å². The Morgan fingerprint density at radius 1 is 1.16 bits per heavy atom. The van der Waals surface area contributed by atoms with Crippen molar-refractivity contribution < 1.29 is 14.3 Å². The Bertz CT molecular complexity index is 496. The zero-order valence-electron chi connectivity index (χ0n) is 17.5. The molecule has 0 saturated carbocycles. The number of ether oxygens (including phenoxy) is 1. The predicted octanol–water partition coefficient (Wildman–Crippen LogP) is 5.23. The molecule has 3 nitrogen and oxygen atoms in total. The fraction of sp³-hybridized carbons (Fsp3) is 0.818. The maximum Gasteiger partial charge on any atom is 0.139 e. The molecule has 0 aromatic carbocycles. The van der Waals surface area contributed by atoms with E-state index in [1.165, 1.54) is 0 Å². The van der Waals surface area contributed by atoms with E-state index in [9.17, 15) is 9.59 Å². The minimum absolute atomic E-state index is 0.0121. The van der Waals surface area contributed by atoms with Gasteiger partial charge in [0.15, 0.2) is 0 Å². The van der Waals surface area contributed by atoms with Gasteiger partial charge in [-0.3, -0.25) is 9.59 Å². The lowest BCUT2D eigenvalue weighted by Crippen LogP contribution is -2.37. The van der Waals surface area contributed by atoms with E-state index in [1.807, 2.05) is 27.7 Å². The first-order chi connectivity index (χ1) is 11.6. The zero-order valence-corrected chi connectivity index (χ0v) is 17.5. The van der Waals surface area contributed by atoms with Crippen molar-refractivity contribution in [1.29, 1.82) is 0 Å². The number of epoxide rings is 1. The number of carbonyl (C=O) groups is 2. The zero-order chi connectivity index (χ0) is 19.4. The van der Waals surface area contributed by atoms with Crippen molar-refractivity contribution in [2.75, 3.05) is 0 Å². The summed E-state index contributed by atoms with van der Waals surface area (Å²) in [4.78, 5) is 24.9. The Morgan fingerprint density at radius 3 is 2.24 bits per heavy atom. The van der Waals surface area contributed by atoms with Crippen LogP contribution in [0.5, 0.6) is 0 Å². The number of hydrogen-bond acceptors (Lipinski definition) is 3. The van der Waals surface area contributed by atoms with Gasteiger partial charge in [-0.2, -0.15) is 0 Å². The molecule has 0 N–H and O–H groups in total. The van der Waals surface area contributed by atoms with Gasteiger partial charge in [0.1, 0.15) is 11.6 Å². The Hall–Kier alpha value is -0.960. The van der Waals surface area contributed by atoms with E-state index >= 15 is 0 Å². The van der Waals surface area contributed by atoms with Gasteiger partial charge in [0.05, 0.1) is 11.7 Å². The van der Waals surface area contributed by atoms with Gasteiger partial charge in [0.2, 0.25) is 0 Å². The third kappa shape index (κ3) is 5.03. The number of carbonyl (C=O) groups excluding carboxylic acids is 2. The summed E-state index contributed by atoms with van der Waals surface area (Å²) in [6.45, 7) is 16.5. The van der Waals surface area contributed by atoms with Crippen molar-refractivity contribution in [3.05, 3.63) is 12.2 Å². The van der Waals surface area contributed by atoms with Crippen LogP contribution in [0.4, 0.5) is 0 Å². The van der Waals surface area contributed by atoms with Crippen LogP contribution >= 0.6 is 0 Å². The van der Waals surface area contributed by atoms with Crippen LogP contribution in [0.15, 0.2) is 12.2 Å². The smallest absolute Gasteiger partial charge is 0.139 e. The lowest BCUT2D eigenvalue weighted by atomic mass is 9.72. The van der Waals surface area contributed by atoms with Gasteiger partial charge >= 0.3 is 0 Å². The van der Waals surface area contributed by atoms with Gasteiger partial charge < -0.3 is 4.74 Å². The van der Waals surface area contributed by atoms with Crippen LogP contribution in [0.2, 0.25) is 0 Å². The summed E-state index contributed by atoms with van der Waals surface area (Å²) in [5.74, 6) is 1.08. The number of rotatable bonds is 11. The SMILES string of the molecule is C/C=C\C(C)C1OC1(C)C(C)C(CC)C(=O)C(C)C(C)CC(=O)CC. The van der Waals surface area contributed by atoms with Crippen LogP contribution < -0.4 is 0 Å². The molecule has 0 aromatic heterocycles. The standard InChI is InChI=1S/C22H38O3/c1-9-12-14(4)21-22(8,25-21)17(7)19(11-3)20(24)16(6)15(5)13-18(23)10-2/h9,12,14-17,19,21H,10-11,13H2,1-8H3/b12-9-. The summed E-state index contributed by atoms with van der Waals surface area (Å²) in [6.07, 6.45) is 6.30. The number of ketones is 2. The summed E-state index contributed by atoms with van der Waals surface area (Å²) in [5, 5.41) is 0. The van der Waals surface area contributed by atoms with Gasteiger partial charge in [-0.05, 0) is 32.1 Å². The molecule has 144 valence electrons. The largest absolute Gasteiger partial charge is 0.365 e. The molecule has 1 fully saturated rings. The molecule has 7 atom stereocenters. The van der Waals surface area contributed by atoms with E-state index in [1.54, 1.807) is 0 Å². The number of Topliss-reactive ketones (excluding diaryl/α,β-unsaturated/α-hetero) is 2. The third-order valence-electron chi connectivity index (χ3n) is 6.42. The van der Waals surface area contributed by atoms with E-state index in [0.717, 1.165) is 6.42 Å². The van der Waals surface area contributed by atoms with E-state index in [0.29, 0.717) is 24.5 Å². The highest BCUT2D eigenvalue weighted by atomic mass is 16.6. The fourth-order valence-electron chi connectivity index (χ4n) is 4.14. The second-order valence-electron chi connectivity index (χ2n) is 8.18. The molecule has 1 saturated heterocycles. The summed E-state index contributed by atoms with van der Waals surface area (Å²) < 4.78 is 6.08. The Kier molecular flexibility index (Phi) is 8.05. The van der Waals surface area contributed by atoms with Crippen LogP contribution in [-0.4, -0.2) is 23.3 Å². The summed E-state index contributed by atoms with van der Waals surface area (Å²) in [5.41, 5.74) is -0.225. The Morgan fingerprint density at radius 2 is 1.76 bits per heavy atom. The molecule has 1 aliphatic heterocycles. The summed E-state index contributed by atoms with van der Waals surface area (Å²) in [7, 11) is 0. The Balaban J connectivity index is 2.80. The normalized spacial score (nSPS) is 29.0. The molecular formula is C22H38O3. The molecular weight excluding hydrogens is 312 g/mol. The van der Waals surface area contributed by atoms with Crippen molar-refractivity contribution >= 4 is 11.6 Å². The third-order valence-corrected chi connectivity index (χ3v) is 6.42. The summed E-state index contributed by atoms with van der Waals surface area (Å²) in [6, 6.07) is 0. The minimum atomic E-state index is -0.225. The van der Waals surface area contributed by atoms with Gasteiger partial charge in [-0.1, -0.05) is 53.7 Å². The second-order valence-corrected chi connectivity index (χ2v) is 8.18. The first-order valence-corrected chi connectivity index (χ1v) is 9.99. The van der Waals surface area contributed by atoms with E-state index in [4.69, 9.17) is 4.74 Å². The Labute approximate surface area is 154 Å². The first kappa shape index (κ1) is 22.1. The van der Waals surface area contributed by atoms with Crippen molar-refractivity contribution in [2.45, 2.75) is 86.4 Å². The maximum absolute atomic E-state index is 13.1. The van der Waals surface area contributed by atoms with Crippen LogP contribution in [0.25, 0.3) is 0 Å². The van der Waals surface area contributed by atoms with Crippen molar-refractivity contribution in [1.82, 2.24) is 0 Å². The maximum atomic E-state index is 13.1. The molecule has 1 rings (SSSR count). The van der Waals surface area contributed by atoms with E-state index in [2.05, 4.69) is 39.8 Å². The molecule has 1 heterocycles. The highest BCUT2D eigenvalue weighted by Gasteiger charge is 2.59. The molecule has 0 radical (unpaired) electrons. The number of allylic oxidation sites excluding steroid dienone is 1. The molecule has 0 spiro atoms. The molecule has 7 unspecified atom stereocenters. The lowest BCUT2D eigenvalue weighted by molar-refractivity contribution is -0.131. The molecule has 0 aliphatic carbocycles. The molecule has 3 heteroatoms. The fourth-order valence-corrected chi connectivity index (χ4v) is 4.14. The summed E-state index contributed by atoms with van der Waals surface area (Å²) >= 11 is 0. The lowest BCUT2D eigenvalue weighted by Gasteiger charge is -2.30. The molecule has 1 aliphatic rings. The molecule has 0 bridgehead atoms. The average molecular weight is 351 g/mol. The molecule has 0 aromatic rings. The van der Waals surface area contributed by atoms with Crippen molar-refractivity contribution in [3.8, 4) is 0 Å². The quantitative estimate of drug-likeness (QED) is 0.379. The van der Waals surface area contributed by atoms with Gasteiger partial charge in [0, 0.05) is 30.6 Å². The highest BCUT2D eigenvalue weighted by molar-refractivity contribution is 5.85. The van der Waals surface area contributed by atoms with Crippen LogP contribution in [0, 0.1) is 29.6 Å². The second kappa shape index (κ2) is 9.12. The minimum Gasteiger partial charge on any atom is -0.365 e. The van der Waals surface area contributed by atoms with Crippen LogP contribution in [0.3, 0.4) is 0 Å². The molecule has 25 heavy (non-hydrogen) atoms. The highest BCUT2D eigenvalue weighted by Crippen LogP contribution is 2.50. The van der Waals surface area contributed by atoms with Crippen molar-refractivity contribution in [3.63, 3.8) is 0 Å². The topological polar surface area (TPSA) is 46.7 Å². The molecule has 0 amide bonds. The monoisotopic (exact) mass is 350 g/mol. The van der Waals surface area contributed by atoms with Gasteiger partial charge in [-0.15, -0.1) is 0 Å². The predicted molar refractivity (Wildman–Crippen MR) is 103 cm³/mol. The first-order valence-electron chi connectivity index (χ1n) is 9.99. The van der Waals surface area contributed by atoms with E-state index in [-0.39, 0.29) is 41.2 Å². The number of hydrogen-bond donors (Lipinski definition) is 0. The average Bonchev–Trinajstić information content (AvgIpc) is 3.28. The van der Waals surface area contributed by atoms with Gasteiger partial charge in [0.25, 0.3) is 0 Å². The van der Waals surface area contributed by atoms with Crippen LogP contribution in [-0.2, 0) is 14.3 Å². The van der Waals surface area contributed by atoms with Crippen LogP contribution in [0.1, 0.15) is 74.7 Å².